The lowest BCUT2D eigenvalue weighted by molar-refractivity contribution is 0.742. The summed E-state index contributed by atoms with van der Waals surface area (Å²) in [6.07, 6.45) is 6.16. The minimum Gasteiger partial charge on any atom is -0.301 e. The summed E-state index contributed by atoms with van der Waals surface area (Å²) in [7, 11) is 0. The molecular formula is C13H9N3S. The van der Waals surface area contributed by atoms with Crippen molar-refractivity contribution in [2.45, 2.75) is 0 Å². The van der Waals surface area contributed by atoms with Crippen molar-refractivity contribution in [3.63, 3.8) is 0 Å². The van der Waals surface area contributed by atoms with Crippen LogP contribution in [0.15, 0.2) is 58.4 Å². The standard InChI is InChI=1S/C13H9N3S/c1-2-5-10-9(4-1)12-11(15-10)8-16-7-3-6-14-13(16)17-12/h1-5,7-8H,6H2. The van der Waals surface area contributed by atoms with Crippen molar-refractivity contribution in [3.8, 4) is 0 Å². The molecule has 3 nitrogen and oxygen atoms in total. The Balaban J connectivity index is 2.00. The van der Waals surface area contributed by atoms with E-state index in [0.29, 0.717) is 0 Å². The van der Waals surface area contributed by atoms with Crippen molar-refractivity contribution in [1.82, 2.24) is 4.90 Å². The van der Waals surface area contributed by atoms with Gasteiger partial charge >= 0.3 is 0 Å². The normalized spacial score (nSPS) is 20.0. The van der Waals surface area contributed by atoms with Gasteiger partial charge in [-0.25, -0.2) is 4.99 Å². The fourth-order valence-electron chi connectivity index (χ4n) is 2.12. The molecule has 3 heterocycles. The van der Waals surface area contributed by atoms with Gasteiger partial charge in [0, 0.05) is 17.6 Å². The van der Waals surface area contributed by atoms with Crippen molar-refractivity contribution >= 4 is 21.8 Å². The predicted molar refractivity (Wildman–Crippen MR) is 69.6 cm³/mol. The number of amidine groups is 1. The Morgan fingerprint density at radius 2 is 2.18 bits per heavy atom. The van der Waals surface area contributed by atoms with Gasteiger partial charge in [-0.1, -0.05) is 18.2 Å². The largest absolute Gasteiger partial charge is 0.301 e. The van der Waals surface area contributed by atoms with E-state index in [1.807, 2.05) is 17.0 Å². The monoisotopic (exact) mass is 239 g/mol. The Morgan fingerprint density at radius 1 is 1.24 bits per heavy atom. The zero-order valence-electron chi connectivity index (χ0n) is 9.00. The van der Waals surface area contributed by atoms with Crippen molar-refractivity contribution in [2.75, 3.05) is 6.54 Å². The van der Waals surface area contributed by atoms with Crippen LogP contribution < -0.4 is 10.6 Å². The maximum Gasteiger partial charge on any atom is 0.172 e. The molecule has 4 heteroatoms. The highest BCUT2D eigenvalue weighted by atomic mass is 32.2. The van der Waals surface area contributed by atoms with E-state index >= 15 is 0 Å². The zero-order chi connectivity index (χ0) is 11.2. The second-order valence-corrected chi connectivity index (χ2v) is 4.97. The smallest absolute Gasteiger partial charge is 0.172 e. The molecule has 17 heavy (non-hydrogen) atoms. The number of thioether (sulfide) groups is 1. The van der Waals surface area contributed by atoms with Gasteiger partial charge in [0.1, 0.15) is 0 Å². The van der Waals surface area contributed by atoms with E-state index in [2.05, 4.69) is 40.6 Å². The van der Waals surface area contributed by atoms with Gasteiger partial charge in [-0.15, -0.1) is 0 Å². The molecule has 0 bridgehead atoms. The van der Waals surface area contributed by atoms with Crippen LogP contribution in [0.1, 0.15) is 0 Å². The first kappa shape index (κ1) is 9.24. The molecule has 0 aromatic heterocycles. The van der Waals surface area contributed by atoms with Crippen molar-refractivity contribution in [3.05, 3.63) is 59.0 Å². The molecule has 82 valence electrons. The summed E-state index contributed by atoms with van der Waals surface area (Å²) in [4.78, 5) is 12.4. The lowest BCUT2D eigenvalue weighted by Gasteiger charge is -2.25. The Hall–Kier alpha value is -1.81. The third-order valence-corrected chi connectivity index (χ3v) is 4.05. The molecule has 0 radical (unpaired) electrons. The van der Waals surface area contributed by atoms with Gasteiger partial charge in [-0.05, 0) is 23.9 Å². The highest BCUT2D eigenvalue weighted by molar-refractivity contribution is 8.21. The Kier molecular flexibility index (Phi) is 1.82. The second kappa shape index (κ2) is 3.34. The minimum absolute atomic E-state index is 0.772. The SMILES string of the molecule is C1=CN2C=C3N=c4ccccc4=C3SC2=NC1. The maximum absolute atomic E-state index is 4.64. The number of fused-ring (bicyclic) bond motifs is 3. The molecule has 3 aliphatic heterocycles. The van der Waals surface area contributed by atoms with Gasteiger partial charge in [-0.2, -0.15) is 0 Å². The first-order chi connectivity index (χ1) is 8.42. The van der Waals surface area contributed by atoms with Crippen LogP contribution in [0.5, 0.6) is 0 Å². The Labute approximate surface area is 103 Å². The van der Waals surface area contributed by atoms with Crippen molar-refractivity contribution < 1.29 is 0 Å². The summed E-state index contributed by atoms with van der Waals surface area (Å²) in [5.74, 6) is 0. The summed E-state index contributed by atoms with van der Waals surface area (Å²) in [5.41, 5.74) is 1.04. The molecule has 1 aromatic carbocycles. The van der Waals surface area contributed by atoms with E-state index in [0.717, 1.165) is 22.8 Å². The van der Waals surface area contributed by atoms with Crippen LogP contribution >= 0.6 is 11.8 Å². The van der Waals surface area contributed by atoms with Crippen molar-refractivity contribution in [1.29, 1.82) is 0 Å². The first-order valence-electron chi connectivity index (χ1n) is 5.49. The molecule has 0 saturated heterocycles. The van der Waals surface area contributed by atoms with Crippen LogP contribution in [0.25, 0.3) is 4.91 Å². The van der Waals surface area contributed by atoms with Gasteiger partial charge in [0.2, 0.25) is 0 Å². The predicted octanol–water partition coefficient (Wildman–Crippen LogP) is 1.20. The van der Waals surface area contributed by atoms with Gasteiger partial charge in [-0.3, -0.25) is 4.99 Å². The zero-order valence-corrected chi connectivity index (χ0v) is 9.81. The summed E-state index contributed by atoms with van der Waals surface area (Å²) in [6, 6.07) is 8.26. The molecule has 1 aromatic rings. The highest BCUT2D eigenvalue weighted by Gasteiger charge is 2.24. The number of hydrogen-bond donors (Lipinski definition) is 0. The average Bonchev–Trinajstić information content (AvgIpc) is 2.73. The van der Waals surface area contributed by atoms with E-state index in [-0.39, 0.29) is 0 Å². The van der Waals surface area contributed by atoms with E-state index < -0.39 is 0 Å². The minimum atomic E-state index is 0.772. The van der Waals surface area contributed by atoms with Gasteiger partial charge in [0.25, 0.3) is 0 Å². The number of aliphatic imine (C=N–C) groups is 1. The van der Waals surface area contributed by atoms with E-state index in [9.17, 15) is 0 Å². The summed E-state index contributed by atoms with van der Waals surface area (Å²) in [5, 5.41) is 3.32. The fourth-order valence-corrected chi connectivity index (χ4v) is 3.15. The Bertz CT molecular complexity index is 712. The van der Waals surface area contributed by atoms with E-state index in [4.69, 9.17) is 0 Å². The van der Waals surface area contributed by atoms with E-state index in [1.54, 1.807) is 11.8 Å². The molecule has 3 aliphatic rings. The summed E-state index contributed by atoms with van der Waals surface area (Å²) in [6.45, 7) is 0.772. The van der Waals surface area contributed by atoms with Gasteiger partial charge < -0.3 is 4.90 Å². The number of nitrogens with zero attached hydrogens (tertiary/aromatic N) is 3. The number of rotatable bonds is 0. The van der Waals surface area contributed by atoms with Crippen LogP contribution in [0.3, 0.4) is 0 Å². The molecule has 4 rings (SSSR count). The third kappa shape index (κ3) is 1.31. The van der Waals surface area contributed by atoms with Crippen LogP contribution in [0.2, 0.25) is 0 Å². The second-order valence-electron chi connectivity index (χ2n) is 3.99. The molecule has 0 saturated carbocycles. The van der Waals surface area contributed by atoms with Crippen LogP contribution in [-0.2, 0) is 0 Å². The van der Waals surface area contributed by atoms with Crippen LogP contribution in [0, 0.1) is 0 Å². The lowest BCUT2D eigenvalue weighted by Crippen LogP contribution is -2.26. The number of benzene rings is 1. The van der Waals surface area contributed by atoms with Gasteiger partial charge in [0.15, 0.2) is 5.17 Å². The topological polar surface area (TPSA) is 28.0 Å². The first-order valence-corrected chi connectivity index (χ1v) is 6.31. The number of para-hydroxylation sites is 1. The quantitative estimate of drug-likeness (QED) is 0.680. The molecule has 0 N–H and O–H groups in total. The molecule has 0 atom stereocenters. The van der Waals surface area contributed by atoms with Crippen molar-refractivity contribution in [2.24, 2.45) is 9.98 Å². The summed E-state index contributed by atoms with van der Waals surface area (Å²) < 4.78 is 0. The van der Waals surface area contributed by atoms with E-state index in [1.165, 1.54) is 10.1 Å². The molecule has 0 unspecified atom stereocenters. The fraction of sp³-hybridized carbons (Fsp3) is 0.0769. The average molecular weight is 239 g/mol. The lowest BCUT2D eigenvalue weighted by atomic mass is 10.3. The Morgan fingerprint density at radius 3 is 3.18 bits per heavy atom. The molecule has 0 spiro atoms. The maximum atomic E-state index is 4.64. The van der Waals surface area contributed by atoms with Crippen LogP contribution in [-0.4, -0.2) is 16.6 Å². The molecule has 0 fully saturated rings. The van der Waals surface area contributed by atoms with Gasteiger partial charge in [0.05, 0.1) is 22.5 Å². The molecule has 0 aliphatic carbocycles. The molecule has 0 amide bonds. The third-order valence-electron chi connectivity index (χ3n) is 2.90. The van der Waals surface area contributed by atoms with Crippen LogP contribution in [0.4, 0.5) is 0 Å². The summed E-state index contributed by atoms with van der Waals surface area (Å²) >= 11 is 1.71. The highest BCUT2D eigenvalue weighted by Crippen LogP contribution is 2.35. The molecular weight excluding hydrogens is 230 g/mol. The number of hydrogen-bond acceptors (Lipinski definition) is 4.